The molecule has 6 heteroatoms. The summed E-state index contributed by atoms with van der Waals surface area (Å²) < 4.78 is 0. The summed E-state index contributed by atoms with van der Waals surface area (Å²) in [6, 6.07) is 0. The second-order valence-corrected chi connectivity index (χ2v) is 13.5. The van der Waals surface area contributed by atoms with Crippen LogP contribution in [0.1, 0.15) is 159 Å². The Bertz CT molecular complexity index is 481. The molecule has 0 aromatic carbocycles. The summed E-state index contributed by atoms with van der Waals surface area (Å²) in [5.74, 6) is -2.03. The third kappa shape index (κ3) is 49.5. The Kier molecular flexibility index (Phi) is 23.2. The molecule has 0 spiro atoms. The Morgan fingerprint density at radius 3 is 0.722 bits per heavy atom. The molecule has 0 aliphatic heterocycles. The number of carboxylic acid groups (broad SMARTS) is 3. The molecule has 3 N–H and O–H groups in total. The van der Waals surface area contributed by atoms with Gasteiger partial charge in [0.15, 0.2) is 0 Å². The molecule has 0 atom stereocenters. The maximum atomic E-state index is 10.2. The van der Waals surface area contributed by atoms with Gasteiger partial charge in [0.1, 0.15) is 0 Å². The van der Waals surface area contributed by atoms with Crippen molar-refractivity contribution in [2.45, 2.75) is 159 Å². The van der Waals surface area contributed by atoms with E-state index in [1.807, 2.05) is 0 Å². The number of hydrogen-bond acceptors (Lipinski definition) is 3. The highest BCUT2D eigenvalue weighted by Gasteiger charge is 2.10. The third-order valence-electron chi connectivity index (χ3n) is 5.45. The lowest BCUT2D eigenvalue weighted by atomic mass is 9.89. The maximum Gasteiger partial charge on any atom is 0.303 e. The summed E-state index contributed by atoms with van der Waals surface area (Å²) >= 11 is 0. The highest BCUT2D eigenvalue weighted by Crippen LogP contribution is 2.23. The summed E-state index contributed by atoms with van der Waals surface area (Å²) in [6.07, 6.45) is 13.6. The average molecular weight is 517 g/mol. The van der Waals surface area contributed by atoms with E-state index in [-0.39, 0.29) is 0 Å². The molecule has 216 valence electrons. The van der Waals surface area contributed by atoms with Gasteiger partial charge in [0.25, 0.3) is 0 Å². The van der Waals surface area contributed by atoms with Crippen LogP contribution < -0.4 is 0 Å². The summed E-state index contributed by atoms with van der Waals surface area (Å²) in [7, 11) is 0. The van der Waals surface area contributed by atoms with Crippen LogP contribution in [0.3, 0.4) is 0 Å². The molecule has 0 aliphatic carbocycles. The summed E-state index contributed by atoms with van der Waals surface area (Å²) in [5.41, 5.74) is 1.18. The van der Waals surface area contributed by atoms with Crippen LogP contribution in [0.2, 0.25) is 0 Å². The minimum atomic E-state index is -0.675. The molecule has 0 aromatic rings. The molecule has 0 saturated carbocycles. The van der Waals surface area contributed by atoms with Crippen LogP contribution >= 0.6 is 0 Å². The second-order valence-electron chi connectivity index (χ2n) is 13.5. The monoisotopic (exact) mass is 516 g/mol. The number of unbranched alkanes of at least 4 members (excludes halogenated alkanes) is 6. The number of carbonyl (C=O) groups is 3. The fourth-order valence-electron chi connectivity index (χ4n) is 3.32. The van der Waals surface area contributed by atoms with E-state index in [1.54, 1.807) is 0 Å². The lowest BCUT2D eigenvalue weighted by Crippen LogP contribution is -2.04. The second kappa shape index (κ2) is 21.5. The molecule has 0 bridgehead atoms. The molecule has 0 unspecified atom stereocenters. The Balaban J connectivity index is -0.000000454. The normalized spacial score (nSPS) is 11.6. The molecule has 0 rings (SSSR count). The van der Waals surface area contributed by atoms with Crippen molar-refractivity contribution in [1.29, 1.82) is 0 Å². The topological polar surface area (TPSA) is 112 Å². The zero-order valence-corrected chi connectivity index (χ0v) is 25.2. The highest BCUT2D eigenvalue weighted by molar-refractivity contribution is 5.67. The van der Waals surface area contributed by atoms with E-state index in [2.05, 4.69) is 62.3 Å². The molecule has 0 saturated heterocycles. The fraction of sp³-hybridized carbons (Fsp3) is 0.900. The lowest BCUT2D eigenvalue weighted by molar-refractivity contribution is -0.138. The lowest BCUT2D eigenvalue weighted by Gasteiger charge is -2.17. The van der Waals surface area contributed by atoms with Crippen molar-refractivity contribution in [3.8, 4) is 0 Å². The van der Waals surface area contributed by atoms with Gasteiger partial charge in [0, 0.05) is 19.3 Å². The fourth-order valence-corrected chi connectivity index (χ4v) is 3.32. The van der Waals surface area contributed by atoms with Crippen LogP contribution in [-0.4, -0.2) is 33.2 Å². The van der Waals surface area contributed by atoms with Crippen LogP contribution in [-0.2, 0) is 14.4 Å². The van der Waals surface area contributed by atoms with E-state index in [4.69, 9.17) is 15.3 Å². The van der Waals surface area contributed by atoms with E-state index in [9.17, 15) is 14.4 Å². The molecule has 36 heavy (non-hydrogen) atoms. The van der Waals surface area contributed by atoms with Gasteiger partial charge in [-0.2, -0.15) is 0 Å². The van der Waals surface area contributed by atoms with Crippen LogP contribution in [0.25, 0.3) is 0 Å². The summed E-state index contributed by atoms with van der Waals surface area (Å²) in [6.45, 7) is 19.9. The van der Waals surface area contributed by atoms with Crippen molar-refractivity contribution in [3.63, 3.8) is 0 Å². The van der Waals surface area contributed by atoms with Crippen molar-refractivity contribution in [3.05, 3.63) is 0 Å². The van der Waals surface area contributed by atoms with E-state index < -0.39 is 17.9 Å². The molecule has 0 heterocycles. The quantitative estimate of drug-likeness (QED) is 0.187. The van der Waals surface area contributed by atoms with Crippen LogP contribution in [0.15, 0.2) is 0 Å². The van der Waals surface area contributed by atoms with Gasteiger partial charge in [-0.25, -0.2) is 0 Å². The van der Waals surface area contributed by atoms with Crippen molar-refractivity contribution < 1.29 is 29.7 Å². The molecule has 0 aromatic heterocycles. The van der Waals surface area contributed by atoms with Gasteiger partial charge < -0.3 is 15.3 Å². The zero-order valence-electron chi connectivity index (χ0n) is 25.2. The van der Waals surface area contributed by atoms with E-state index in [1.165, 1.54) is 19.3 Å². The Labute approximate surface area is 222 Å². The standard InChI is InChI=1S/3C10H20O2/c3*1-10(2,3)8-6-4-5-7-9(11)12/h3*4-8H2,1-3H3,(H,11,12). The predicted octanol–water partition coefficient (Wildman–Crippen LogP) is 9.20. The number of rotatable bonds is 15. The Morgan fingerprint density at radius 1 is 0.389 bits per heavy atom. The van der Waals surface area contributed by atoms with E-state index in [0.717, 1.165) is 57.8 Å². The van der Waals surface area contributed by atoms with Gasteiger partial charge >= 0.3 is 17.9 Å². The minimum Gasteiger partial charge on any atom is -0.481 e. The SMILES string of the molecule is CC(C)(C)CCCCCC(=O)O.CC(C)(C)CCCCCC(=O)O.CC(C)(C)CCCCCC(=O)O. The van der Waals surface area contributed by atoms with Crippen molar-refractivity contribution in [2.24, 2.45) is 16.2 Å². The van der Waals surface area contributed by atoms with Gasteiger partial charge in [-0.3, -0.25) is 14.4 Å². The van der Waals surface area contributed by atoms with E-state index >= 15 is 0 Å². The van der Waals surface area contributed by atoms with Gasteiger partial charge in [0.05, 0.1) is 0 Å². The first-order valence-electron chi connectivity index (χ1n) is 13.9. The van der Waals surface area contributed by atoms with Gasteiger partial charge in [-0.15, -0.1) is 0 Å². The molecular formula is C30H60O6. The smallest absolute Gasteiger partial charge is 0.303 e. The molecule has 6 nitrogen and oxygen atoms in total. The molecule has 0 aliphatic rings. The number of aliphatic carboxylic acids is 3. The number of carboxylic acids is 3. The maximum absolute atomic E-state index is 10.2. The average Bonchev–Trinajstić information content (AvgIpc) is 2.65. The zero-order chi connectivity index (χ0) is 28.8. The molecule has 0 radical (unpaired) electrons. The van der Waals surface area contributed by atoms with Crippen molar-refractivity contribution >= 4 is 17.9 Å². The first kappa shape index (κ1) is 38.9. The molecular weight excluding hydrogens is 456 g/mol. The van der Waals surface area contributed by atoms with Crippen molar-refractivity contribution in [1.82, 2.24) is 0 Å². The van der Waals surface area contributed by atoms with Crippen LogP contribution in [0.4, 0.5) is 0 Å². The first-order valence-corrected chi connectivity index (χ1v) is 13.9. The summed E-state index contributed by atoms with van der Waals surface area (Å²) in [4.78, 5) is 30.5. The Hall–Kier alpha value is -1.59. The van der Waals surface area contributed by atoms with Crippen LogP contribution in [0.5, 0.6) is 0 Å². The van der Waals surface area contributed by atoms with Gasteiger partial charge in [0.2, 0.25) is 0 Å². The van der Waals surface area contributed by atoms with Gasteiger partial charge in [-0.05, 0) is 54.8 Å². The predicted molar refractivity (Wildman–Crippen MR) is 151 cm³/mol. The summed E-state index contributed by atoms with van der Waals surface area (Å²) in [5, 5.41) is 25.1. The van der Waals surface area contributed by atoms with E-state index in [0.29, 0.717) is 35.5 Å². The van der Waals surface area contributed by atoms with Crippen LogP contribution in [0, 0.1) is 16.2 Å². The minimum absolute atomic E-state index is 0.324. The molecule has 0 amide bonds. The van der Waals surface area contributed by atoms with Gasteiger partial charge in [-0.1, -0.05) is 101 Å². The first-order chi connectivity index (χ1) is 16.2. The molecule has 0 fully saturated rings. The highest BCUT2D eigenvalue weighted by atomic mass is 16.4. The van der Waals surface area contributed by atoms with Crippen molar-refractivity contribution in [2.75, 3.05) is 0 Å². The number of hydrogen-bond donors (Lipinski definition) is 3. The Morgan fingerprint density at radius 2 is 0.583 bits per heavy atom. The third-order valence-corrected chi connectivity index (χ3v) is 5.45. The largest absolute Gasteiger partial charge is 0.481 e.